The molecule has 1 heterocycles. The molecule has 3 rings (SSSR count). The van der Waals surface area contributed by atoms with E-state index in [1.54, 1.807) is 36.0 Å². The molecule has 1 N–H and O–H groups in total. The van der Waals surface area contributed by atoms with Gasteiger partial charge in [-0.3, -0.25) is 19.6 Å². The lowest BCUT2D eigenvalue weighted by molar-refractivity contribution is -0.384. The number of carbonyl (C=O) groups excluding carboxylic acids is 1. The van der Waals surface area contributed by atoms with E-state index in [1.807, 2.05) is 32.0 Å². The first-order valence-electron chi connectivity index (χ1n) is 8.68. The Morgan fingerprint density at radius 3 is 2.61 bits per heavy atom. The van der Waals surface area contributed by atoms with Crippen molar-refractivity contribution in [2.75, 3.05) is 5.32 Å². The molecule has 0 spiro atoms. The van der Waals surface area contributed by atoms with Gasteiger partial charge in [-0.2, -0.15) is 5.10 Å². The van der Waals surface area contributed by atoms with Gasteiger partial charge in [-0.15, -0.1) is 0 Å². The molecule has 1 aromatic heterocycles. The number of benzene rings is 2. The molecule has 8 nitrogen and oxygen atoms in total. The van der Waals surface area contributed by atoms with Crippen LogP contribution in [-0.4, -0.2) is 20.6 Å². The quantitative estimate of drug-likeness (QED) is 0.505. The second-order valence-corrected chi connectivity index (χ2v) is 6.47. The fourth-order valence-corrected chi connectivity index (χ4v) is 2.78. The summed E-state index contributed by atoms with van der Waals surface area (Å²) in [6.45, 7) is 5.47. The minimum Gasteiger partial charge on any atom is -0.457 e. The minimum atomic E-state index is -0.574. The number of rotatable bonds is 6. The van der Waals surface area contributed by atoms with Crippen LogP contribution in [0.4, 0.5) is 11.4 Å². The highest BCUT2D eigenvalue weighted by molar-refractivity contribution is 5.94. The van der Waals surface area contributed by atoms with Gasteiger partial charge in [-0.25, -0.2) is 0 Å². The number of amides is 1. The van der Waals surface area contributed by atoms with Gasteiger partial charge in [0.1, 0.15) is 17.5 Å². The molecule has 0 radical (unpaired) electrons. The Morgan fingerprint density at radius 2 is 1.96 bits per heavy atom. The summed E-state index contributed by atoms with van der Waals surface area (Å²) in [4.78, 5) is 23.3. The number of carbonyl (C=O) groups is 1. The van der Waals surface area contributed by atoms with Crippen LogP contribution < -0.4 is 10.1 Å². The summed E-state index contributed by atoms with van der Waals surface area (Å²) in [5.41, 5.74) is 1.94. The van der Waals surface area contributed by atoms with E-state index in [-0.39, 0.29) is 23.0 Å². The lowest BCUT2D eigenvalue weighted by Crippen LogP contribution is -2.25. The van der Waals surface area contributed by atoms with Crippen LogP contribution in [0.3, 0.4) is 0 Å². The zero-order valence-corrected chi connectivity index (χ0v) is 15.7. The lowest BCUT2D eigenvalue weighted by atomic mass is 10.2. The Bertz CT molecular complexity index is 1030. The van der Waals surface area contributed by atoms with E-state index in [2.05, 4.69) is 10.4 Å². The van der Waals surface area contributed by atoms with Crippen LogP contribution in [-0.2, 0) is 4.79 Å². The zero-order chi connectivity index (χ0) is 20.3. The number of nitro groups is 1. The molecule has 3 aromatic rings. The number of anilines is 1. The van der Waals surface area contributed by atoms with Crippen molar-refractivity contribution in [3.63, 3.8) is 0 Å². The van der Waals surface area contributed by atoms with Crippen molar-refractivity contribution >= 4 is 17.3 Å². The Labute approximate surface area is 161 Å². The average molecular weight is 380 g/mol. The Morgan fingerprint density at radius 1 is 1.18 bits per heavy atom. The van der Waals surface area contributed by atoms with Crippen LogP contribution in [0.2, 0.25) is 0 Å². The van der Waals surface area contributed by atoms with Crippen LogP contribution in [0.15, 0.2) is 54.7 Å². The summed E-state index contributed by atoms with van der Waals surface area (Å²) >= 11 is 0. The highest BCUT2D eigenvalue weighted by Gasteiger charge is 2.19. The Kier molecular flexibility index (Phi) is 5.39. The molecule has 8 heteroatoms. The molecule has 0 aliphatic heterocycles. The van der Waals surface area contributed by atoms with Crippen LogP contribution in [0.25, 0.3) is 0 Å². The number of hydrogen-bond donors (Lipinski definition) is 1. The second kappa shape index (κ2) is 7.91. The summed E-state index contributed by atoms with van der Waals surface area (Å²) in [6.07, 6.45) is 1.61. The van der Waals surface area contributed by atoms with Crippen molar-refractivity contribution in [2.45, 2.75) is 26.8 Å². The molecule has 2 aromatic carbocycles. The van der Waals surface area contributed by atoms with Gasteiger partial charge in [-0.1, -0.05) is 12.1 Å². The van der Waals surface area contributed by atoms with Crippen molar-refractivity contribution in [1.29, 1.82) is 0 Å². The monoisotopic (exact) mass is 380 g/mol. The molecular formula is C20H20N4O4. The molecular weight excluding hydrogens is 360 g/mol. The van der Waals surface area contributed by atoms with E-state index in [0.29, 0.717) is 5.75 Å². The number of aromatic nitrogens is 2. The van der Waals surface area contributed by atoms with Crippen molar-refractivity contribution < 1.29 is 14.5 Å². The third-order valence-electron chi connectivity index (χ3n) is 4.21. The van der Waals surface area contributed by atoms with E-state index in [9.17, 15) is 14.9 Å². The van der Waals surface area contributed by atoms with Crippen LogP contribution in [0.5, 0.6) is 11.5 Å². The van der Waals surface area contributed by atoms with E-state index < -0.39 is 11.0 Å². The molecule has 0 bridgehead atoms. The van der Waals surface area contributed by atoms with Crippen LogP contribution in [0, 0.1) is 24.0 Å². The van der Waals surface area contributed by atoms with Gasteiger partial charge >= 0.3 is 0 Å². The normalized spacial score (nSPS) is 11.7. The van der Waals surface area contributed by atoms with Crippen molar-refractivity contribution in [3.05, 3.63) is 76.1 Å². The number of ether oxygens (including phenoxy) is 1. The topological polar surface area (TPSA) is 99.3 Å². The van der Waals surface area contributed by atoms with E-state index in [4.69, 9.17) is 4.74 Å². The summed E-state index contributed by atoms with van der Waals surface area (Å²) < 4.78 is 7.33. The number of nitrogens with one attached hydrogen (secondary N) is 1. The summed E-state index contributed by atoms with van der Waals surface area (Å²) in [5.74, 6) is 0.477. The first-order chi connectivity index (χ1) is 13.3. The zero-order valence-electron chi connectivity index (χ0n) is 15.7. The number of hydrogen-bond acceptors (Lipinski definition) is 5. The van der Waals surface area contributed by atoms with Gasteiger partial charge < -0.3 is 10.1 Å². The molecule has 0 aliphatic rings. The molecule has 0 aliphatic carbocycles. The maximum Gasteiger partial charge on any atom is 0.275 e. The van der Waals surface area contributed by atoms with Gasteiger partial charge in [0.2, 0.25) is 5.91 Å². The standard InChI is InChI=1S/C20H20N4O4/c1-13-5-4-6-18(9-13)28-19-11-16(10-17(12-19)24(26)27)22-20(25)15(3)23-14(2)7-8-21-23/h4-12,15H,1-3H3,(H,22,25). The maximum absolute atomic E-state index is 12.6. The lowest BCUT2D eigenvalue weighted by Gasteiger charge is -2.15. The number of nitro benzene ring substituents is 1. The van der Waals surface area contributed by atoms with Crippen molar-refractivity contribution in [1.82, 2.24) is 9.78 Å². The number of non-ortho nitro benzene ring substituents is 1. The molecule has 0 saturated heterocycles. The average Bonchev–Trinajstić information content (AvgIpc) is 3.06. The van der Waals surface area contributed by atoms with E-state index in [0.717, 1.165) is 11.3 Å². The molecule has 144 valence electrons. The van der Waals surface area contributed by atoms with E-state index >= 15 is 0 Å². The molecule has 1 unspecified atom stereocenters. The summed E-state index contributed by atoms with van der Waals surface area (Å²) in [5, 5.41) is 18.1. The van der Waals surface area contributed by atoms with Gasteiger partial charge in [-0.05, 0) is 44.5 Å². The maximum atomic E-state index is 12.6. The smallest absolute Gasteiger partial charge is 0.275 e. The Balaban J connectivity index is 1.85. The van der Waals surface area contributed by atoms with Crippen molar-refractivity contribution in [2.24, 2.45) is 0 Å². The van der Waals surface area contributed by atoms with Crippen LogP contribution >= 0.6 is 0 Å². The van der Waals surface area contributed by atoms with Gasteiger partial charge in [0.25, 0.3) is 5.69 Å². The third kappa shape index (κ3) is 4.35. The predicted octanol–water partition coefficient (Wildman–Crippen LogP) is 4.40. The fourth-order valence-electron chi connectivity index (χ4n) is 2.78. The van der Waals surface area contributed by atoms with Crippen LogP contribution in [0.1, 0.15) is 24.2 Å². The predicted molar refractivity (Wildman–Crippen MR) is 105 cm³/mol. The van der Waals surface area contributed by atoms with Gasteiger partial charge in [0, 0.05) is 24.0 Å². The fraction of sp³-hybridized carbons (Fsp3) is 0.200. The highest BCUT2D eigenvalue weighted by Crippen LogP contribution is 2.30. The molecule has 1 amide bonds. The van der Waals surface area contributed by atoms with Gasteiger partial charge in [0.05, 0.1) is 16.7 Å². The Hall–Kier alpha value is -3.68. The largest absolute Gasteiger partial charge is 0.457 e. The molecule has 0 fully saturated rings. The summed E-state index contributed by atoms with van der Waals surface area (Å²) in [7, 11) is 0. The third-order valence-corrected chi connectivity index (χ3v) is 4.21. The summed E-state index contributed by atoms with van der Waals surface area (Å²) in [6, 6.07) is 12.7. The molecule has 0 saturated carbocycles. The first-order valence-corrected chi connectivity index (χ1v) is 8.68. The minimum absolute atomic E-state index is 0.177. The number of aryl methyl sites for hydroxylation is 2. The second-order valence-electron chi connectivity index (χ2n) is 6.47. The molecule has 1 atom stereocenters. The van der Waals surface area contributed by atoms with E-state index in [1.165, 1.54) is 12.1 Å². The highest BCUT2D eigenvalue weighted by atomic mass is 16.6. The first kappa shape index (κ1) is 19.1. The number of nitrogens with zero attached hydrogens (tertiary/aromatic N) is 3. The van der Waals surface area contributed by atoms with Crippen molar-refractivity contribution in [3.8, 4) is 11.5 Å². The molecule has 28 heavy (non-hydrogen) atoms. The SMILES string of the molecule is Cc1cccc(Oc2cc(NC(=O)C(C)n3nccc3C)cc([N+](=O)[O-])c2)c1. The van der Waals surface area contributed by atoms with Gasteiger partial charge in [0.15, 0.2) is 0 Å².